The maximum absolute atomic E-state index is 11.0. The van der Waals surface area contributed by atoms with E-state index in [0.717, 1.165) is 3.57 Å². The summed E-state index contributed by atoms with van der Waals surface area (Å²) in [7, 11) is 0. The Kier molecular flexibility index (Phi) is 2.95. The summed E-state index contributed by atoms with van der Waals surface area (Å²) in [6.45, 7) is 1.48. The number of benzene rings is 1. The SMILES string of the molecule is CC(=O)c1ccc(Cl)c(I)c1N. The molecule has 0 heterocycles. The Hall–Kier alpha value is -0.290. The van der Waals surface area contributed by atoms with Crippen LogP contribution in [0, 0.1) is 3.57 Å². The van der Waals surface area contributed by atoms with Crippen LogP contribution in [0.25, 0.3) is 0 Å². The van der Waals surface area contributed by atoms with Crippen molar-refractivity contribution in [2.45, 2.75) is 6.92 Å². The maximum Gasteiger partial charge on any atom is 0.161 e. The third kappa shape index (κ3) is 1.72. The van der Waals surface area contributed by atoms with Gasteiger partial charge in [0.2, 0.25) is 0 Å². The van der Waals surface area contributed by atoms with Crippen LogP contribution in [0.15, 0.2) is 12.1 Å². The molecule has 0 saturated heterocycles. The molecule has 0 aromatic heterocycles. The number of ketones is 1. The summed E-state index contributed by atoms with van der Waals surface area (Å²) < 4.78 is 0.738. The minimum Gasteiger partial charge on any atom is -0.397 e. The van der Waals surface area contributed by atoms with Crippen LogP contribution >= 0.6 is 34.2 Å². The Morgan fingerprint density at radius 2 is 2.17 bits per heavy atom. The van der Waals surface area contributed by atoms with Crippen LogP contribution in [-0.4, -0.2) is 5.78 Å². The van der Waals surface area contributed by atoms with Gasteiger partial charge in [0.1, 0.15) is 0 Å². The van der Waals surface area contributed by atoms with Gasteiger partial charge in [-0.05, 0) is 41.6 Å². The zero-order valence-corrected chi connectivity index (χ0v) is 9.31. The Labute approximate surface area is 89.2 Å². The number of carbonyl (C=O) groups excluding carboxylic acids is 1. The zero-order valence-electron chi connectivity index (χ0n) is 6.40. The van der Waals surface area contributed by atoms with Gasteiger partial charge in [-0.3, -0.25) is 4.79 Å². The van der Waals surface area contributed by atoms with Gasteiger partial charge in [-0.1, -0.05) is 11.6 Å². The summed E-state index contributed by atoms with van der Waals surface area (Å²) >= 11 is 7.81. The second kappa shape index (κ2) is 3.62. The molecule has 0 aliphatic rings. The molecule has 1 aromatic rings. The summed E-state index contributed by atoms with van der Waals surface area (Å²) in [4.78, 5) is 11.0. The second-order valence-electron chi connectivity index (χ2n) is 2.38. The number of carbonyl (C=O) groups is 1. The molecule has 12 heavy (non-hydrogen) atoms. The van der Waals surface area contributed by atoms with Gasteiger partial charge in [0.25, 0.3) is 0 Å². The van der Waals surface area contributed by atoms with Gasteiger partial charge < -0.3 is 5.73 Å². The number of rotatable bonds is 1. The summed E-state index contributed by atoms with van der Waals surface area (Å²) in [5, 5.41) is 0.582. The average Bonchev–Trinajstić information content (AvgIpc) is 2.00. The first-order valence-electron chi connectivity index (χ1n) is 3.28. The number of hydrogen-bond acceptors (Lipinski definition) is 2. The molecule has 0 amide bonds. The van der Waals surface area contributed by atoms with E-state index in [-0.39, 0.29) is 5.78 Å². The Balaban J connectivity index is 3.36. The van der Waals surface area contributed by atoms with Crippen LogP contribution in [0.1, 0.15) is 17.3 Å². The lowest BCUT2D eigenvalue weighted by molar-refractivity contribution is 0.101. The predicted molar refractivity (Wildman–Crippen MR) is 58.6 cm³/mol. The van der Waals surface area contributed by atoms with Crippen molar-refractivity contribution in [3.63, 3.8) is 0 Å². The first kappa shape index (κ1) is 9.80. The third-order valence-electron chi connectivity index (χ3n) is 1.51. The van der Waals surface area contributed by atoms with E-state index < -0.39 is 0 Å². The maximum atomic E-state index is 11.0. The van der Waals surface area contributed by atoms with E-state index in [4.69, 9.17) is 17.3 Å². The van der Waals surface area contributed by atoms with Crippen LogP contribution in [0.4, 0.5) is 5.69 Å². The largest absolute Gasteiger partial charge is 0.397 e. The van der Waals surface area contributed by atoms with Gasteiger partial charge in [-0.2, -0.15) is 0 Å². The first-order chi connectivity index (χ1) is 5.54. The number of anilines is 1. The molecule has 0 unspecified atom stereocenters. The quantitative estimate of drug-likeness (QED) is 0.492. The molecule has 1 rings (SSSR count). The monoisotopic (exact) mass is 295 g/mol. The molecule has 0 fully saturated rings. The molecule has 2 N–H and O–H groups in total. The van der Waals surface area contributed by atoms with Crippen molar-refractivity contribution in [1.29, 1.82) is 0 Å². The fourth-order valence-corrected chi connectivity index (χ4v) is 1.51. The minimum absolute atomic E-state index is 0.0397. The Bertz CT molecular complexity index is 338. The topological polar surface area (TPSA) is 43.1 Å². The summed E-state index contributed by atoms with van der Waals surface area (Å²) in [6.07, 6.45) is 0. The Morgan fingerprint density at radius 3 is 2.67 bits per heavy atom. The third-order valence-corrected chi connectivity index (χ3v) is 3.31. The molecule has 2 nitrogen and oxygen atoms in total. The highest BCUT2D eigenvalue weighted by molar-refractivity contribution is 14.1. The van der Waals surface area contributed by atoms with E-state index in [2.05, 4.69) is 0 Å². The zero-order chi connectivity index (χ0) is 9.30. The molecule has 0 aliphatic heterocycles. The van der Waals surface area contributed by atoms with E-state index >= 15 is 0 Å². The van der Waals surface area contributed by atoms with Crippen LogP contribution in [0.3, 0.4) is 0 Å². The van der Waals surface area contributed by atoms with Crippen molar-refractivity contribution < 1.29 is 4.79 Å². The summed E-state index contributed by atoms with van der Waals surface area (Å²) in [5.41, 5.74) is 6.67. The molecule has 0 spiro atoms. The Morgan fingerprint density at radius 1 is 1.58 bits per heavy atom. The van der Waals surface area contributed by atoms with E-state index in [1.165, 1.54) is 6.92 Å². The van der Waals surface area contributed by atoms with Gasteiger partial charge in [-0.15, -0.1) is 0 Å². The lowest BCUT2D eigenvalue weighted by atomic mass is 10.1. The van der Waals surface area contributed by atoms with Gasteiger partial charge in [0.15, 0.2) is 5.78 Å². The number of halogens is 2. The number of Topliss-reactive ketones (excluding diaryl/α,β-unsaturated/α-hetero) is 1. The van der Waals surface area contributed by atoms with Crippen molar-refractivity contribution in [3.05, 3.63) is 26.3 Å². The molecule has 0 saturated carbocycles. The van der Waals surface area contributed by atoms with Crippen molar-refractivity contribution in [2.24, 2.45) is 0 Å². The highest BCUT2D eigenvalue weighted by Crippen LogP contribution is 2.27. The van der Waals surface area contributed by atoms with Gasteiger partial charge in [0.05, 0.1) is 14.3 Å². The number of nitrogens with two attached hydrogens (primary N) is 1. The van der Waals surface area contributed by atoms with Crippen molar-refractivity contribution >= 4 is 45.7 Å². The highest BCUT2D eigenvalue weighted by Gasteiger charge is 2.09. The molecule has 0 radical (unpaired) electrons. The normalized spacial score (nSPS) is 9.92. The van der Waals surface area contributed by atoms with Crippen LogP contribution in [0.2, 0.25) is 5.02 Å². The van der Waals surface area contributed by atoms with Crippen LogP contribution in [-0.2, 0) is 0 Å². The lowest BCUT2D eigenvalue weighted by Gasteiger charge is -2.04. The molecule has 0 atom stereocenters. The van der Waals surface area contributed by atoms with Gasteiger partial charge >= 0.3 is 0 Å². The molecular weight excluding hydrogens is 288 g/mol. The summed E-state index contributed by atoms with van der Waals surface area (Å²) in [5.74, 6) is -0.0397. The number of hydrogen-bond donors (Lipinski definition) is 1. The molecule has 0 bridgehead atoms. The van der Waals surface area contributed by atoms with Crippen LogP contribution in [0.5, 0.6) is 0 Å². The van der Waals surface area contributed by atoms with Gasteiger partial charge in [0, 0.05) is 5.56 Å². The highest BCUT2D eigenvalue weighted by atomic mass is 127. The minimum atomic E-state index is -0.0397. The fourth-order valence-electron chi connectivity index (χ4n) is 0.873. The van der Waals surface area contributed by atoms with E-state index in [9.17, 15) is 4.79 Å². The molecule has 0 aliphatic carbocycles. The van der Waals surface area contributed by atoms with Crippen molar-refractivity contribution in [2.75, 3.05) is 5.73 Å². The first-order valence-corrected chi connectivity index (χ1v) is 4.74. The molecule has 4 heteroatoms. The standard InChI is InChI=1S/C8H7ClINO/c1-4(12)5-2-3-6(9)7(10)8(5)11/h2-3H,11H2,1H3. The lowest BCUT2D eigenvalue weighted by Crippen LogP contribution is -2.01. The van der Waals surface area contributed by atoms with E-state index in [1.807, 2.05) is 22.6 Å². The van der Waals surface area contributed by atoms with E-state index in [1.54, 1.807) is 12.1 Å². The molecular formula is C8H7ClINO. The van der Waals surface area contributed by atoms with Crippen molar-refractivity contribution in [1.82, 2.24) is 0 Å². The van der Waals surface area contributed by atoms with Gasteiger partial charge in [-0.25, -0.2) is 0 Å². The molecule has 1 aromatic carbocycles. The second-order valence-corrected chi connectivity index (χ2v) is 3.86. The number of nitrogen functional groups attached to an aromatic ring is 1. The average molecular weight is 296 g/mol. The smallest absolute Gasteiger partial charge is 0.161 e. The van der Waals surface area contributed by atoms with Crippen molar-refractivity contribution in [3.8, 4) is 0 Å². The summed E-state index contributed by atoms with van der Waals surface area (Å²) in [6, 6.07) is 3.32. The van der Waals surface area contributed by atoms with E-state index in [0.29, 0.717) is 16.3 Å². The van der Waals surface area contributed by atoms with Crippen LogP contribution < -0.4 is 5.73 Å². The predicted octanol–water partition coefficient (Wildman–Crippen LogP) is 2.73. The molecule has 64 valence electrons. The fraction of sp³-hybridized carbons (Fsp3) is 0.125.